The van der Waals surface area contributed by atoms with Crippen molar-refractivity contribution in [1.29, 1.82) is 0 Å². The summed E-state index contributed by atoms with van der Waals surface area (Å²) in [5.74, 6) is -0.460. The van der Waals surface area contributed by atoms with Crippen LogP contribution in [-0.2, 0) is 16.1 Å². The third-order valence-electron chi connectivity index (χ3n) is 3.06. The summed E-state index contributed by atoms with van der Waals surface area (Å²) in [7, 11) is 0. The maximum atomic E-state index is 11.8. The van der Waals surface area contributed by atoms with E-state index in [1.54, 1.807) is 18.2 Å². The fourth-order valence-electron chi connectivity index (χ4n) is 1.94. The van der Waals surface area contributed by atoms with Crippen molar-refractivity contribution < 1.29 is 23.6 Å². The molecule has 9 heteroatoms. The fraction of sp³-hybridized carbons (Fsp3) is 0.125. The Labute approximate surface area is 146 Å². The van der Waals surface area contributed by atoms with Crippen molar-refractivity contribution in [1.82, 2.24) is 10.1 Å². The minimum absolute atomic E-state index is 0.169. The first-order chi connectivity index (χ1) is 12.1. The maximum Gasteiger partial charge on any atom is 0.344 e. The molecule has 1 aromatic carbocycles. The van der Waals surface area contributed by atoms with Crippen LogP contribution in [0.3, 0.4) is 0 Å². The number of para-hydroxylation sites is 1. The molecule has 0 unspecified atom stereocenters. The average molecular weight is 359 g/mol. The number of nitrogens with zero attached hydrogens (tertiary/aromatic N) is 2. The first-order valence-electron chi connectivity index (χ1n) is 7.17. The number of ether oxygens (including phenoxy) is 2. The van der Waals surface area contributed by atoms with Gasteiger partial charge in [0.2, 0.25) is 5.82 Å². The molecule has 25 heavy (non-hydrogen) atoms. The second-order valence-electron chi connectivity index (χ2n) is 4.80. The molecule has 0 aliphatic rings. The van der Waals surface area contributed by atoms with E-state index < -0.39 is 11.9 Å². The Balaban J connectivity index is 1.51. The van der Waals surface area contributed by atoms with E-state index in [2.05, 4.69) is 10.1 Å². The van der Waals surface area contributed by atoms with Crippen molar-refractivity contribution in [2.45, 2.75) is 6.61 Å². The highest BCUT2D eigenvalue weighted by Gasteiger charge is 2.14. The lowest BCUT2D eigenvalue weighted by Gasteiger charge is -2.08. The van der Waals surface area contributed by atoms with Crippen molar-refractivity contribution in [3.8, 4) is 16.5 Å². The van der Waals surface area contributed by atoms with Crippen LogP contribution in [0.4, 0.5) is 0 Å². The van der Waals surface area contributed by atoms with Crippen LogP contribution in [0.1, 0.15) is 16.2 Å². The molecule has 0 bridgehead atoms. The highest BCUT2D eigenvalue weighted by molar-refractivity contribution is 7.13. The predicted molar refractivity (Wildman–Crippen MR) is 87.9 cm³/mol. The van der Waals surface area contributed by atoms with Gasteiger partial charge in [0.25, 0.3) is 11.8 Å². The zero-order chi connectivity index (χ0) is 17.6. The number of hydrogen-bond acceptors (Lipinski definition) is 8. The minimum Gasteiger partial charge on any atom is -0.481 e. The van der Waals surface area contributed by atoms with E-state index in [0.29, 0.717) is 5.82 Å². The van der Waals surface area contributed by atoms with Gasteiger partial charge >= 0.3 is 5.97 Å². The van der Waals surface area contributed by atoms with Gasteiger partial charge in [0, 0.05) is 0 Å². The Kier molecular flexibility index (Phi) is 5.05. The number of thiophene rings is 1. The molecule has 8 nitrogen and oxygen atoms in total. The van der Waals surface area contributed by atoms with E-state index in [9.17, 15) is 9.59 Å². The van der Waals surface area contributed by atoms with Gasteiger partial charge in [0.1, 0.15) is 5.75 Å². The lowest BCUT2D eigenvalue weighted by atomic mass is 10.2. The number of rotatable bonds is 7. The van der Waals surface area contributed by atoms with Gasteiger partial charge in [-0.15, -0.1) is 11.3 Å². The number of hydrogen-bond donors (Lipinski definition) is 1. The van der Waals surface area contributed by atoms with Gasteiger partial charge in [0.05, 0.1) is 10.4 Å². The molecular weight excluding hydrogens is 346 g/mol. The quantitative estimate of drug-likeness (QED) is 0.641. The van der Waals surface area contributed by atoms with Crippen molar-refractivity contribution in [3.05, 3.63) is 53.2 Å². The standard InChI is InChI=1S/C16H13N3O5S/c17-15(21)10-4-1-2-5-11(10)22-9-14(20)23-8-13-18-16(19-24-13)12-6-3-7-25-12/h1-7H,8-9H2,(H2,17,21). The Bertz CT molecular complexity index is 876. The van der Waals surface area contributed by atoms with E-state index in [-0.39, 0.29) is 30.4 Å². The smallest absolute Gasteiger partial charge is 0.344 e. The number of esters is 1. The molecule has 0 aliphatic heterocycles. The van der Waals surface area contributed by atoms with E-state index >= 15 is 0 Å². The molecule has 1 amide bonds. The zero-order valence-electron chi connectivity index (χ0n) is 12.9. The number of aromatic nitrogens is 2. The summed E-state index contributed by atoms with van der Waals surface area (Å²) in [5.41, 5.74) is 5.42. The van der Waals surface area contributed by atoms with E-state index in [1.807, 2.05) is 17.5 Å². The molecule has 128 valence electrons. The number of carbonyl (C=O) groups excluding carboxylic acids is 2. The summed E-state index contributed by atoms with van der Waals surface area (Å²) in [6, 6.07) is 10.1. The number of carbonyl (C=O) groups is 2. The van der Waals surface area contributed by atoms with Crippen LogP contribution >= 0.6 is 11.3 Å². The summed E-state index contributed by atoms with van der Waals surface area (Å²) in [6.45, 7) is -0.547. The second-order valence-corrected chi connectivity index (χ2v) is 5.75. The van der Waals surface area contributed by atoms with E-state index in [4.69, 9.17) is 19.7 Å². The van der Waals surface area contributed by atoms with Crippen LogP contribution in [0, 0.1) is 0 Å². The fourth-order valence-corrected chi connectivity index (χ4v) is 2.59. The molecule has 0 spiro atoms. The molecule has 3 aromatic rings. The zero-order valence-corrected chi connectivity index (χ0v) is 13.7. The topological polar surface area (TPSA) is 118 Å². The number of primary amides is 1. The monoisotopic (exact) mass is 359 g/mol. The van der Waals surface area contributed by atoms with Gasteiger partial charge in [-0.1, -0.05) is 23.4 Å². The lowest BCUT2D eigenvalue weighted by Crippen LogP contribution is -2.18. The highest BCUT2D eigenvalue weighted by Crippen LogP contribution is 2.21. The maximum absolute atomic E-state index is 11.8. The molecule has 2 N–H and O–H groups in total. The molecule has 2 heterocycles. The summed E-state index contributed by atoms with van der Waals surface area (Å²) in [5, 5.41) is 5.71. The van der Waals surface area contributed by atoms with Crippen molar-refractivity contribution in [2.75, 3.05) is 6.61 Å². The Morgan fingerprint density at radius 2 is 2.04 bits per heavy atom. The molecule has 0 saturated heterocycles. The summed E-state index contributed by atoms with van der Waals surface area (Å²) < 4.78 is 15.3. The highest BCUT2D eigenvalue weighted by atomic mass is 32.1. The predicted octanol–water partition coefficient (Wildman–Crippen LogP) is 2.02. The third-order valence-corrected chi connectivity index (χ3v) is 3.93. The average Bonchev–Trinajstić information content (AvgIpc) is 3.29. The van der Waals surface area contributed by atoms with Gasteiger partial charge in [-0.25, -0.2) is 4.79 Å². The Morgan fingerprint density at radius 1 is 1.20 bits per heavy atom. The third kappa shape index (κ3) is 4.21. The molecule has 0 radical (unpaired) electrons. The number of amides is 1. The molecular formula is C16H13N3O5S. The van der Waals surface area contributed by atoms with Crippen LogP contribution in [0.25, 0.3) is 10.7 Å². The van der Waals surface area contributed by atoms with Gasteiger partial charge < -0.3 is 19.7 Å². The van der Waals surface area contributed by atoms with Gasteiger partial charge in [0.15, 0.2) is 13.2 Å². The molecule has 3 rings (SSSR count). The van der Waals surface area contributed by atoms with Gasteiger partial charge in [-0.3, -0.25) is 4.79 Å². The SMILES string of the molecule is NC(=O)c1ccccc1OCC(=O)OCc1nc(-c2cccs2)no1. The summed E-state index contributed by atoms with van der Waals surface area (Å²) in [4.78, 5) is 28.0. The van der Waals surface area contributed by atoms with Gasteiger partial charge in [-0.05, 0) is 23.6 Å². The normalized spacial score (nSPS) is 10.4. The Morgan fingerprint density at radius 3 is 2.80 bits per heavy atom. The second kappa shape index (κ2) is 7.58. The number of benzene rings is 1. The van der Waals surface area contributed by atoms with Crippen LogP contribution < -0.4 is 10.5 Å². The summed E-state index contributed by atoms with van der Waals surface area (Å²) >= 11 is 1.47. The minimum atomic E-state index is -0.643. The first-order valence-corrected chi connectivity index (χ1v) is 8.05. The molecule has 0 aliphatic carbocycles. The van der Waals surface area contributed by atoms with Crippen molar-refractivity contribution in [3.63, 3.8) is 0 Å². The lowest BCUT2D eigenvalue weighted by molar-refractivity contribution is -0.148. The molecule has 0 fully saturated rings. The van der Waals surface area contributed by atoms with Crippen molar-refractivity contribution in [2.24, 2.45) is 5.73 Å². The molecule has 2 aromatic heterocycles. The Hall–Kier alpha value is -3.20. The van der Waals surface area contributed by atoms with Crippen molar-refractivity contribution >= 4 is 23.2 Å². The molecule has 0 saturated carbocycles. The van der Waals surface area contributed by atoms with E-state index in [0.717, 1.165) is 4.88 Å². The van der Waals surface area contributed by atoms with Crippen LogP contribution in [-0.4, -0.2) is 28.6 Å². The van der Waals surface area contributed by atoms with Gasteiger partial charge in [-0.2, -0.15) is 4.98 Å². The summed E-state index contributed by atoms with van der Waals surface area (Å²) in [6.07, 6.45) is 0. The number of nitrogens with two attached hydrogens (primary N) is 1. The van der Waals surface area contributed by atoms with E-state index in [1.165, 1.54) is 17.4 Å². The first kappa shape index (κ1) is 16.7. The van der Waals surface area contributed by atoms with Crippen LogP contribution in [0.2, 0.25) is 0 Å². The largest absolute Gasteiger partial charge is 0.481 e. The van der Waals surface area contributed by atoms with Crippen LogP contribution in [0.5, 0.6) is 5.75 Å². The van der Waals surface area contributed by atoms with Crippen LogP contribution in [0.15, 0.2) is 46.3 Å². The molecule has 0 atom stereocenters.